The van der Waals surface area contributed by atoms with E-state index in [1.165, 1.54) is 0 Å². The molecule has 5 nitrogen and oxygen atoms in total. The molecule has 28 heavy (non-hydrogen) atoms. The van der Waals surface area contributed by atoms with Crippen LogP contribution < -0.4 is 5.32 Å². The van der Waals surface area contributed by atoms with E-state index < -0.39 is 0 Å². The second-order valence-corrected chi connectivity index (χ2v) is 7.95. The van der Waals surface area contributed by atoms with Gasteiger partial charge >= 0.3 is 0 Å². The maximum Gasteiger partial charge on any atom is 0.274 e. The van der Waals surface area contributed by atoms with Gasteiger partial charge < -0.3 is 10.2 Å². The van der Waals surface area contributed by atoms with E-state index in [4.69, 9.17) is 0 Å². The van der Waals surface area contributed by atoms with Gasteiger partial charge in [0.2, 0.25) is 0 Å². The van der Waals surface area contributed by atoms with Crippen LogP contribution in [0.25, 0.3) is 0 Å². The minimum Gasteiger partial charge on any atom is -0.337 e. The molecule has 0 fully saturated rings. The van der Waals surface area contributed by atoms with Crippen molar-refractivity contribution in [3.63, 3.8) is 0 Å². The van der Waals surface area contributed by atoms with Crippen molar-refractivity contribution in [1.29, 1.82) is 0 Å². The van der Waals surface area contributed by atoms with Crippen molar-refractivity contribution in [2.45, 2.75) is 52.9 Å². The molecular weight excluding hydrogens is 350 g/mol. The summed E-state index contributed by atoms with van der Waals surface area (Å²) in [6.07, 6.45) is 1.77. The summed E-state index contributed by atoms with van der Waals surface area (Å²) in [6, 6.07) is 12.8. The number of hydrogen-bond donors (Lipinski definition) is 1. The van der Waals surface area contributed by atoms with E-state index in [2.05, 4.69) is 31.1 Å². The summed E-state index contributed by atoms with van der Waals surface area (Å²) in [5, 5.41) is 2.95. The van der Waals surface area contributed by atoms with Gasteiger partial charge in [-0.2, -0.15) is 0 Å². The van der Waals surface area contributed by atoms with Gasteiger partial charge in [-0.3, -0.25) is 9.59 Å². The molecule has 1 N–H and O–H groups in total. The fourth-order valence-electron chi connectivity index (χ4n) is 3.13. The van der Waals surface area contributed by atoms with E-state index in [9.17, 15) is 9.59 Å². The van der Waals surface area contributed by atoms with Crippen LogP contribution in [0.1, 0.15) is 74.0 Å². The van der Waals surface area contributed by atoms with Gasteiger partial charge in [0.15, 0.2) is 0 Å². The first-order valence-electron chi connectivity index (χ1n) is 9.95. The lowest BCUT2D eigenvalue weighted by Gasteiger charge is -2.23. The summed E-state index contributed by atoms with van der Waals surface area (Å²) in [4.78, 5) is 31.7. The predicted molar refractivity (Wildman–Crippen MR) is 114 cm³/mol. The second kappa shape index (κ2) is 9.49. The number of nitrogens with one attached hydrogen (secondary N) is 1. The largest absolute Gasteiger partial charge is 0.337 e. The average molecular weight is 382 g/mol. The van der Waals surface area contributed by atoms with Gasteiger partial charge in [-0.25, -0.2) is 4.98 Å². The SMILES string of the molecule is CCCN(CCC)C(=O)c1cccc(C(=O)Nc2ccccc2C(C)(C)C)n1. The maximum absolute atomic E-state index is 12.8. The van der Waals surface area contributed by atoms with Gasteiger partial charge in [0, 0.05) is 18.8 Å². The normalized spacial score (nSPS) is 11.2. The van der Waals surface area contributed by atoms with Gasteiger partial charge in [-0.1, -0.05) is 58.9 Å². The predicted octanol–water partition coefficient (Wildman–Crippen LogP) is 4.89. The summed E-state index contributed by atoms with van der Waals surface area (Å²) >= 11 is 0. The fourth-order valence-corrected chi connectivity index (χ4v) is 3.13. The molecule has 0 aliphatic rings. The Hall–Kier alpha value is -2.69. The van der Waals surface area contributed by atoms with Crippen LogP contribution in [0.5, 0.6) is 0 Å². The van der Waals surface area contributed by atoms with Crippen molar-refractivity contribution in [3.8, 4) is 0 Å². The molecule has 2 aromatic rings. The van der Waals surface area contributed by atoms with Crippen molar-refractivity contribution < 1.29 is 9.59 Å². The van der Waals surface area contributed by atoms with Gasteiger partial charge in [0.1, 0.15) is 11.4 Å². The summed E-state index contributed by atoms with van der Waals surface area (Å²) in [5.74, 6) is -0.447. The molecule has 0 spiro atoms. The molecule has 0 bridgehead atoms. The summed E-state index contributed by atoms with van der Waals surface area (Å²) < 4.78 is 0. The van der Waals surface area contributed by atoms with Crippen LogP contribution in [0.2, 0.25) is 0 Å². The number of rotatable bonds is 7. The lowest BCUT2D eigenvalue weighted by molar-refractivity contribution is 0.0749. The van der Waals surface area contributed by atoms with Gasteiger partial charge in [-0.15, -0.1) is 0 Å². The molecule has 2 amide bonds. The van der Waals surface area contributed by atoms with Crippen LogP contribution in [-0.4, -0.2) is 34.8 Å². The Balaban J connectivity index is 2.25. The lowest BCUT2D eigenvalue weighted by atomic mass is 9.86. The molecule has 0 unspecified atom stereocenters. The number of nitrogens with zero attached hydrogens (tertiary/aromatic N) is 2. The highest BCUT2D eigenvalue weighted by Crippen LogP contribution is 2.29. The molecule has 1 aromatic heterocycles. The fraction of sp³-hybridized carbons (Fsp3) is 0.435. The zero-order chi connectivity index (χ0) is 20.7. The Labute approximate surface area is 168 Å². The highest BCUT2D eigenvalue weighted by Gasteiger charge is 2.21. The molecular formula is C23H31N3O2. The van der Waals surface area contributed by atoms with Crippen molar-refractivity contribution in [2.75, 3.05) is 18.4 Å². The molecule has 150 valence electrons. The molecule has 1 aromatic carbocycles. The standard InChI is InChI=1S/C23H31N3O2/c1-6-15-26(16-7-2)22(28)20-14-10-13-19(24-20)21(27)25-18-12-9-8-11-17(18)23(3,4)5/h8-14H,6-7,15-16H2,1-5H3,(H,25,27). The lowest BCUT2D eigenvalue weighted by Crippen LogP contribution is -2.33. The molecule has 1 heterocycles. The van der Waals surface area contributed by atoms with Crippen molar-refractivity contribution in [3.05, 3.63) is 59.4 Å². The van der Waals surface area contributed by atoms with Crippen LogP contribution in [-0.2, 0) is 5.41 Å². The van der Waals surface area contributed by atoms with Gasteiger partial charge in [0.25, 0.3) is 11.8 Å². The first kappa shape index (κ1) is 21.6. The molecule has 0 radical (unpaired) electrons. The van der Waals surface area contributed by atoms with E-state index in [0.717, 1.165) is 24.1 Å². The highest BCUT2D eigenvalue weighted by atomic mass is 16.2. The Morgan fingerprint density at radius 2 is 1.54 bits per heavy atom. The minimum absolute atomic E-state index is 0.101. The zero-order valence-corrected chi connectivity index (χ0v) is 17.6. The molecule has 0 aliphatic carbocycles. The van der Waals surface area contributed by atoms with Crippen LogP contribution in [0.4, 0.5) is 5.69 Å². The molecule has 0 saturated heterocycles. The van der Waals surface area contributed by atoms with Crippen molar-refractivity contribution >= 4 is 17.5 Å². The summed E-state index contributed by atoms with van der Waals surface area (Å²) in [5.41, 5.74) is 2.25. The van der Waals surface area contributed by atoms with Crippen molar-refractivity contribution in [1.82, 2.24) is 9.88 Å². The first-order valence-corrected chi connectivity index (χ1v) is 9.95. The zero-order valence-electron chi connectivity index (χ0n) is 17.6. The Bertz CT molecular complexity index is 819. The average Bonchev–Trinajstić information content (AvgIpc) is 2.67. The Kier molecular flexibility index (Phi) is 7.32. The number of amides is 2. The third kappa shape index (κ3) is 5.41. The van der Waals surface area contributed by atoms with Crippen LogP contribution >= 0.6 is 0 Å². The number of carbonyl (C=O) groups is 2. The molecule has 0 aliphatic heterocycles. The van der Waals surface area contributed by atoms with E-state index in [1.54, 1.807) is 23.1 Å². The number of anilines is 1. The monoisotopic (exact) mass is 381 g/mol. The molecule has 5 heteroatoms. The van der Waals surface area contributed by atoms with Crippen LogP contribution in [0.3, 0.4) is 0 Å². The van der Waals surface area contributed by atoms with Gasteiger partial charge in [0.05, 0.1) is 0 Å². The first-order chi connectivity index (χ1) is 13.3. The maximum atomic E-state index is 12.8. The smallest absolute Gasteiger partial charge is 0.274 e. The van der Waals surface area contributed by atoms with E-state index in [-0.39, 0.29) is 22.9 Å². The molecule has 0 atom stereocenters. The summed E-state index contributed by atoms with van der Waals surface area (Å²) in [6.45, 7) is 11.8. The Morgan fingerprint density at radius 3 is 2.14 bits per heavy atom. The number of aromatic nitrogens is 1. The molecule has 2 rings (SSSR count). The number of benzene rings is 1. The van der Waals surface area contributed by atoms with E-state index in [0.29, 0.717) is 18.8 Å². The third-order valence-corrected chi connectivity index (χ3v) is 4.46. The second-order valence-electron chi connectivity index (χ2n) is 7.95. The van der Waals surface area contributed by atoms with E-state index in [1.807, 2.05) is 38.1 Å². The number of para-hydroxylation sites is 1. The topological polar surface area (TPSA) is 62.3 Å². The quantitative estimate of drug-likeness (QED) is 0.742. The molecule has 0 saturated carbocycles. The number of pyridine rings is 1. The third-order valence-electron chi connectivity index (χ3n) is 4.46. The highest BCUT2D eigenvalue weighted by molar-refractivity contribution is 6.04. The van der Waals surface area contributed by atoms with Crippen LogP contribution in [0, 0.1) is 0 Å². The minimum atomic E-state index is -0.316. The van der Waals surface area contributed by atoms with E-state index >= 15 is 0 Å². The number of carbonyl (C=O) groups excluding carboxylic acids is 2. The van der Waals surface area contributed by atoms with Crippen LogP contribution in [0.15, 0.2) is 42.5 Å². The number of hydrogen-bond acceptors (Lipinski definition) is 3. The van der Waals surface area contributed by atoms with Crippen molar-refractivity contribution in [2.24, 2.45) is 0 Å². The summed E-state index contributed by atoms with van der Waals surface area (Å²) in [7, 11) is 0. The Morgan fingerprint density at radius 1 is 0.929 bits per heavy atom. The van der Waals surface area contributed by atoms with Gasteiger partial charge in [-0.05, 0) is 42.0 Å².